The van der Waals surface area contributed by atoms with Gasteiger partial charge < -0.3 is 9.80 Å². The number of fused-ring (bicyclic) bond motifs is 1. The Balaban J connectivity index is 1.74. The summed E-state index contributed by atoms with van der Waals surface area (Å²) in [6.45, 7) is 7.75. The SMILES string of the molecule is Cc1ccc(N(c2nccc(N(C)c3ccc4c(C)n(C)nc4c3)n2)C(C)C)cc1S(N)(=O)=O. The summed E-state index contributed by atoms with van der Waals surface area (Å²) >= 11 is 0. The molecular weight excluding hydrogens is 450 g/mol. The van der Waals surface area contributed by atoms with Crippen molar-refractivity contribution in [2.75, 3.05) is 16.8 Å². The van der Waals surface area contributed by atoms with Gasteiger partial charge in [-0.05, 0) is 69.7 Å². The van der Waals surface area contributed by atoms with Crippen molar-refractivity contribution in [3.63, 3.8) is 0 Å². The molecule has 0 atom stereocenters. The van der Waals surface area contributed by atoms with E-state index in [9.17, 15) is 8.42 Å². The number of nitrogens with zero attached hydrogens (tertiary/aromatic N) is 6. The maximum atomic E-state index is 12.1. The zero-order chi connectivity index (χ0) is 24.8. The summed E-state index contributed by atoms with van der Waals surface area (Å²) in [5, 5.41) is 11.1. The van der Waals surface area contributed by atoms with Crippen LogP contribution in [0.25, 0.3) is 10.9 Å². The monoisotopic (exact) mass is 479 g/mol. The zero-order valence-corrected chi connectivity index (χ0v) is 21.0. The molecule has 0 aliphatic heterocycles. The summed E-state index contributed by atoms with van der Waals surface area (Å²) in [6, 6.07) is 13.1. The van der Waals surface area contributed by atoms with Crippen LogP contribution in [0.4, 0.5) is 23.1 Å². The van der Waals surface area contributed by atoms with Gasteiger partial charge in [-0.25, -0.2) is 18.5 Å². The second-order valence-electron chi connectivity index (χ2n) is 8.64. The van der Waals surface area contributed by atoms with Crippen molar-refractivity contribution in [2.24, 2.45) is 12.2 Å². The minimum atomic E-state index is -3.86. The molecule has 0 aliphatic rings. The molecule has 4 rings (SSSR count). The van der Waals surface area contributed by atoms with Gasteiger partial charge in [0.05, 0.1) is 10.4 Å². The standard InChI is InChI=1S/C24H29N7O2S/c1-15(2)31(19-8-7-16(3)22(14-19)34(25,32)33)24-26-12-11-23(27-24)29(5)18-9-10-20-17(4)30(6)28-21(20)13-18/h7-15H,1-6H3,(H2,25,32,33). The van der Waals surface area contributed by atoms with Crippen LogP contribution in [-0.4, -0.2) is 41.3 Å². The Kier molecular flexibility index (Phi) is 6.05. The lowest BCUT2D eigenvalue weighted by Crippen LogP contribution is -2.28. The van der Waals surface area contributed by atoms with Crippen LogP contribution in [0.15, 0.2) is 53.6 Å². The van der Waals surface area contributed by atoms with Gasteiger partial charge in [0, 0.05) is 48.8 Å². The van der Waals surface area contributed by atoms with Gasteiger partial charge in [-0.15, -0.1) is 0 Å². The number of rotatable bonds is 6. The minimum Gasteiger partial charge on any atom is -0.329 e. The zero-order valence-electron chi connectivity index (χ0n) is 20.2. The smallest absolute Gasteiger partial charge is 0.238 e. The average molecular weight is 480 g/mol. The molecule has 178 valence electrons. The molecular formula is C24H29N7O2S. The molecule has 0 bridgehead atoms. The summed E-state index contributed by atoms with van der Waals surface area (Å²) in [4.78, 5) is 13.2. The fourth-order valence-electron chi connectivity index (χ4n) is 3.99. The molecule has 0 unspecified atom stereocenters. The van der Waals surface area contributed by atoms with Crippen molar-refractivity contribution >= 4 is 44.1 Å². The Morgan fingerprint density at radius 3 is 2.41 bits per heavy atom. The number of aromatic nitrogens is 4. The van der Waals surface area contributed by atoms with E-state index < -0.39 is 10.0 Å². The second kappa shape index (κ2) is 8.69. The number of anilines is 4. The summed E-state index contributed by atoms with van der Waals surface area (Å²) < 4.78 is 26.0. The molecule has 0 saturated carbocycles. The van der Waals surface area contributed by atoms with Crippen LogP contribution in [-0.2, 0) is 17.1 Å². The van der Waals surface area contributed by atoms with Crippen molar-refractivity contribution in [1.29, 1.82) is 0 Å². The number of primary sulfonamides is 1. The highest BCUT2D eigenvalue weighted by Gasteiger charge is 2.21. The summed E-state index contributed by atoms with van der Waals surface area (Å²) in [7, 11) is 0.0133. The molecule has 34 heavy (non-hydrogen) atoms. The van der Waals surface area contributed by atoms with Crippen molar-refractivity contribution in [3.05, 3.63) is 59.9 Å². The third-order valence-corrected chi connectivity index (χ3v) is 7.01. The molecule has 10 heteroatoms. The number of hydrogen-bond acceptors (Lipinski definition) is 7. The van der Waals surface area contributed by atoms with Gasteiger partial charge in [0.1, 0.15) is 5.82 Å². The predicted molar refractivity (Wildman–Crippen MR) is 135 cm³/mol. The lowest BCUT2D eigenvalue weighted by atomic mass is 10.2. The third kappa shape index (κ3) is 4.34. The van der Waals surface area contributed by atoms with E-state index >= 15 is 0 Å². The first-order chi connectivity index (χ1) is 16.0. The molecule has 0 spiro atoms. The first kappa shape index (κ1) is 23.7. The molecule has 0 amide bonds. The highest BCUT2D eigenvalue weighted by Crippen LogP contribution is 2.31. The summed E-state index contributed by atoms with van der Waals surface area (Å²) in [6.07, 6.45) is 1.70. The van der Waals surface area contributed by atoms with E-state index in [2.05, 4.69) is 16.1 Å². The molecule has 2 heterocycles. The molecule has 0 aliphatic carbocycles. The third-order valence-electron chi connectivity index (χ3n) is 5.96. The second-order valence-corrected chi connectivity index (χ2v) is 10.2. The Morgan fingerprint density at radius 2 is 1.74 bits per heavy atom. The van der Waals surface area contributed by atoms with Crippen molar-refractivity contribution in [3.8, 4) is 0 Å². The Hall–Kier alpha value is -3.50. The quantitative estimate of drug-likeness (QED) is 0.446. The molecule has 2 aromatic heterocycles. The number of hydrogen-bond donors (Lipinski definition) is 1. The van der Waals surface area contributed by atoms with E-state index in [1.807, 2.05) is 73.6 Å². The molecule has 2 aromatic carbocycles. The predicted octanol–water partition coefficient (Wildman–Crippen LogP) is 3.94. The van der Waals surface area contributed by atoms with Gasteiger partial charge in [-0.2, -0.15) is 10.1 Å². The van der Waals surface area contributed by atoms with Gasteiger partial charge >= 0.3 is 0 Å². The summed E-state index contributed by atoms with van der Waals surface area (Å²) in [5.74, 6) is 1.15. The lowest BCUT2D eigenvalue weighted by Gasteiger charge is -2.28. The van der Waals surface area contributed by atoms with Gasteiger partial charge in [-0.3, -0.25) is 4.68 Å². The highest BCUT2D eigenvalue weighted by atomic mass is 32.2. The molecule has 9 nitrogen and oxygen atoms in total. The van der Waals surface area contributed by atoms with E-state index in [1.165, 1.54) is 0 Å². The van der Waals surface area contributed by atoms with E-state index in [0.29, 0.717) is 23.0 Å². The average Bonchev–Trinajstić information content (AvgIpc) is 3.06. The molecule has 4 aromatic rings. The maximum absolute atomic E-state index is 12.1. The van der Waals surface area contributed by atoms with Crippen molar-refractivity contribution in [1.82, 2.24) is 19.7 Å². The molecule has 0 radical (unpaired) electrons. The van der Waals surface area contributed by atoms with Gasteiger partial charge in [0.15, 0.2) is 0 Å². The Bertz CT molecular complexity index is 1480. The molecule has 0 fully saturated rings. The van der Waals surface area contributed by atoms with Gasteiger partial charge in [-0.1, -0.05) is 6.07 Å². The fourth-order valence-corrected chi connectivity index (χ4v) is 4.79. The van der Waals surface area contributed by atoms with Crippen molar-refractivity contribution in [2.45, 2.75) is 38.6 Å². The van der Waals surface area contributed by atoms with E-state index in [0.717, 1.165) is 22.3 Å². The van der Waals surface area contributed by atoms with E-state index in [1.54, 1.807) is 25.3 Å². The normalized spacial score (nSPS) is 11.9. The highest BCUT2D eigenvalue weighted by molar-refractivity contribution is 7.89. The van der Waals surface area contributed by atoms with Crippen LogP contribution in [0.1, 0.15) is 25.1 Å². The van der Waals surface area contributed by atoms with Crippen LogP contribution < -0.4 is 14.9 Å². The van der Waals surface area contributed by atoms with Crippen molar-refractivity contribution < 1.29 is 8.42 Å². The fraction of sp³-hybridized carbons (Fsp3) is 0.292. The maximum Gasteiger partial charge on any atom is 0.238 e. The van der Waals surface area contributed by atoms with Gasteiger partial charge in [0.2, 0.25) is 16.0 Å². The Labute approximate surface area is 199 Å². The van der Waals surface area contributed by atoms with Gasteiger partial charge in [0.25, 0.3) is 0 Å². The van der Waals surface area contributed by atoms with Crippen LogP contribution in [0.2, 0.25) is 0 Å². The summed E-state index contributed by atoms with van der Waals surface area (Å²) in [5.41, 5.74) is 4.20. The molecule has 0 saturated heterocycles. The molecule has 2 N–H and O–H groups in total. The van der Waals surface area contributed by atoms with E-state index in [4.69, 9.17) is 10.1 Å². The van der Waals surface area contributed by atoms with E-state index in [-0.39, 0.29) is 10.9 Å². The van der Waals surface area contributed by atoms with Crippen LogP contribution in [0.3, 0.4) is 0 Å². The first-order valence-corrected chi connectivity index (χ1v) is 12.4. The van der Waals surface area contributed by atoms with Crippen LogP contribution in [0, 0.1) is 13.8 Å². The first-order valence-electron chi connectivity index (χ1n) is 10.9. The topological polar surface area (TPSA) is 110 Å². The Morgan fingerprint density at radius 1 is 1.03 bits per heavy atom. The minimum absolute atomic E-state index is 0.0376. The largest absolute Gasteiger partial charge is 0.329 e. The van der Waals surface area contributed by atoms with Crippen LogP contribution >= 0.6 is 0 Å². The van der Waals surface area contributed by atoms with Crippen LogP contribution in [0.5, 0.6) is 0 Å². The lowest BCUT2D eigenvalue weighted by molar-refractivity contribution is 0.597. The number of benzene rings is 2. The number of sulfonamides is 1. The number of nitrogens with two attached hydrogens (primary N) is 1. The number of aryl methyl sites for hydroxylation is 3.